The van der Waals surface area contributed by atoms with Crippen LogP contribution in [-0.2, 0) is 20.3 Å². The zero-order chi connectivity index (χ0) is 18.7. The van der Waals surface area contributed by atoms with Gasteiger partial charge >= 0.3 is 0 Å². The maximum absolute atomic E-state index is 12.2. The first kappa shape index (κ1) is 18.0. The highest BCUT2D eigenvalue weighted by molar-refractivity contribution is 6.30. The molecule has 0 saturated carbocycles. The second-order valence-corrected chi connectivity index (χ2v) is 6.46. The quantitative estimate of drug-likeness (QED) is 0.721. The summed E-state index contributed by atoms with van der Waals surface area (Å²) in [6, 6.07) is 7.07. The van der Waals surface area contributed by atoms with Crippen molar-refractivity contribution in [3.8, 4) is 5.75 Å². The summed E-state index contributed by atoms with van der Waals surface area (Å²) >= 11 is 5.93. The minimum Gasteiger partial charge on any atom is -0.471 e. The van der Waals surface area contributed by atoms with E-state index in [0.29, 0.717) is 17.3 Å². The number of amides is 1. The largest absolute Gasteiger partial charge is 0.471 e. The number of aromatic nitrogens is 4. The van der Waals surface area contributed by atoms with Gasteiger partial charge in [-0.15, -0.1) is 0 Å². The summed E-state index contributed by atoms with van der Waals surface area (Å²) in [7, 11) is 1.85. The van der Waals surface area contributed by atoms with Gasteiger partial charge in [-0.05, 0) is 43.7 Å². The molecule has 0 aliphatic carbocycles. The third kappa shape index (κ3) is 4.23. The number of rotatable bonds is 6. The first-order chi connectivity index (χ1) is 12.4. The van der Waals surface area contributed by atoms with Gasteiger partial charge in [-0.25, -0.2) is 4.68 Å². The fourth-order valence-corrected chi connectivity index (χ4v) is 2.78. The molecule has 0 fully saturated rings. The van der Waals surface area contributed by atoms with E-state index in [1.165, 1.54) is 0 Å². The summed E-state index contributed by atoms with van der Waals surface area (Å²) in [5.41, 5.74) is 3.14. The second-order valence-electron chi connectivity index (χ2n) is 6.02. The molecule has 26 heavy (non-hydrogen) atoms. The zero-order valence-corrected chi connectivity index (χ0v) is 15.6. The lowest BCUT2D eigenvalue weighted by atomic mass is 10.2. The number of hydrogen-bond donors (Lipinski definition) is 1. The molecule has 3 aromatic rings. The van der Waals surface area contributed by atoms with Crippen LogP contribution in [0.2, 0.25) is 5.02 Å². The van der Waals surface area contributed by atoms with Crippen molar-refractivity contribution in [1.82, 2.24) is 24.9 Å². The van der Waals surface area contributed by atoms with Gasteiger partial charge < -0.3 is 10.1 Å². The lowest BCUT2D eigenvalue weighted by Crippen LogP contribution is -2.23. The average Bonchev–Trinajstić information content (AvgIpc) is 3.18. The summed E-state index contributed by atoms with van der Waals surface area (Å²) in [5.74, 6) is 0.484. The van der Waals surface area contributed by atoms with E-state index in [-0.39, 0.29) is 12.6 Å². The van der Waals surface area contributed by atoms with Crippen LogP contribution in [0.25, 0.3) is 0 Å². The molecule has 1 amide bonds. The van der Waals surface area contributed by atoms with Crippen molar-refractivity contribution in [2.45, 2.75) is 27.1 Å². The highest BCUT2D eigenvalue weighted by Crippen LogP contribution is 2.22. The van der Waals surface area contributed by atoms with Crippen LogP contribution >= 0.6 is 11.6 Å². The van der Waals surface area contributed by atoms with Gasteiger partial charge in [-0.2, -0.15) is 10.2 Å². The van der Waals surface area contributed by atoms with Crippen LogP contribution in [0.4, 0.5) is 0 Å². The normalized spacial score (nSPS) is 10.8. The Morgan fingerprint density at radius 1 is 1.27 bits per heavy atom. The molecule has 2 heterocycles. The van der Waals surface area contributed by atoms with Crippen LogP contribution in [0.5, 0.6) is 5.75 Å². The molecule has 1 N–H and O–H groups in total. The van der Waals surface area contributed by atoms with Gasteiger partial charge in [0.15, 0.2) is 6.73 Å². The molecule has 0 aliphatic heterocycles. The van der Waals surface area contributed by atoms with Gasteiger partial charge in [-0.3, -0.25) is 9.48 Å². The molecule has 0 saturated heterocycles. The molecule has 0 unspecified atom stereocenters. The molecular formula is C18H20ClN5O2. The second kappa shape index (κ2) is 7.61. The number of nitrogens with zero attached hydrogens (tertiary/aromatic N) is 4. The molecule has 2 aromatic heterocycles. The summed E-state index contributed by atoms with van der Waals surface area (Å²) in [4.78, 5) is 12.2. The Hall–Kier alpha value is -2.80. The molecule has 0 bridgehead atoms. The van der Waals surface area contributed by atoms with E-state index in [2.05, 4.69) is 15.5 Å². The average molecular weight is 374 g/mol. The first-order valence-electron chi connectivity index (χ1n) is 8.12. The lowest BCUT2D eigenvalue weighted by Gasteiger charge is -2.09. The van der Waals surface area contributed by atoms with Gasteiger partial charge in [0.25, 0.3) is 5.91 Å². The van der Waals surface area contributed by atoms with E-state index in [1.54, 1.807) is 27.7 Å². The number of halogens is 1. The summed E-state index contributed by atoms with van der Waals surface area (Å²) in [5, 5.41) is 12.0. The maximum atomic E-state index is 12.2. The minimum absolute atomic E-state index is 0.206. The molecule has 7 nitrogen and oxygen atoms in total. The van der Waals surface area contributed by atoms with Gasteiger partial charge in [0.1, 0.15) is 11.4 Å². The van der Waals surface area contributed by atoms with E-state index < -0.39 is 0 Å². The number of benzene rings is 1. The van der Waals surface area contributed by atoms with Crippen LogP contribution < -0.4 is 10.1 Å². The number of carbonyl (C=O) groups excluding carboxylic acids is 1. The van der Waals surface area contributed by atoms with Crippen molar-refractivity contribution in [2.75, 3.05) is 0 Å². The van der Waals surface area contributed by atoms with Crippen LogP contribution in [0.1, 0.15) is 27.3 Å². The Bertz CT molecular complexity index is 932. The van der Waals surface area contributed by atoms with E-state index in [1.807, 2.05) is 39.2 Å². The van der Waals surface area contributed by atoms with Crippen molar-refractivity contribution in [1.29, 1.82) is 0 Å². The van der Waals surface area contributed by atoms with Crippen LogP contribution in [-0.4, -0.2) is 25.5 Å². The van der Waals surface area contributed by atoms with E-state index in [4.69, 9.17) is 16.3 Å². The predicted octanol–water partition coefficient (Wildman–Crippen LogP) is 2.85. The monoisotopic (exact) mass is 373 g/mol. The van der Waals surface area contributed by atoms with Crippen LogP contribution in [0.3, 0.4) is 0 Å². The molecule has 3 rings (SSSR count). The highest BCUT2D eigenvalue weighted by Gasteiger charge is 2.11. The Kier molecular flexibility index (Phi) is 5.27. The van der Waals surface area contributed by atoms with Crippen LogP contribution in [0.15, 0.2) is 36.7 Å². The van der Waals surface area contributed by atoms with E-state index >= 15 is 0 Å². The Morgan fingerprint density at radius 3 is 2.77 bits per heavy atom. The Morgan fingerprint density at radius 2 is 2.08 bits per heavy atom. The van der Waals surface area contributed by atoms with Crippen LogP contribution in [0, 0.1) is 13.8 Å². The topological polar surface area (TPSA) is 74.0 Å². The van der Waals surface area contributed by atoms with E-state index in [9.17, 15) is 4.79 Å². The van der Waals surface area contributed by atoms with Crippen molar-refractivity contribution >= 4 is 17.5 Å². The molecule has 0 spiro atoms. The molecule has 1 aromatic carbocycles. The summed E-state index contributed by atoms with van der Waals surface area (Å²) in [6.07, 6.45) is 3.59. The number of aryl methyl sites for hydroxylation is 3. The number of hydrogen-bond acceptors (Lipinski definition) is 4. The predicted molar refractivity (Wildman–Crippen MR) is 98.2 cm³/mol. The third-order valence-electron chi connectivity index (χ3n) is 3.92. The lowest BCUT2D eigenvalue weighted by molar-refractivity contribution is 0.0944. The smallest absolute Gasteiger partial charge is 0.272 e. The van der Waals surface area contributed by atoms with Gasteiger partial charge in [0.05, 0.1) is 5.69 Å². The Labute approximate surface area is 156 Å². The van der Waals surface area contributed by atoms with Gasteiger partial charge in [-0.1, -0.05) is 11.6 Å². The van der Waals surface area contributed by atoms with Crippen molar-refractivity contribution in [2.24, 2.45) is 7.05 Å². The fraction of sp³-hybridized carbons (Fsp3) is 0.278. The SMILES string of the molecule is Cc1cc(Cl)ccc1OCn1ccc(C(=O)NCc2cn(C)nc2C)n1. The fourth-order valence-electron chi connectivity index (χ4n) is 2.55. The van der Waals surface area contributed by atoms with Gasteiger partial charge in [0.2, 0.25) is 0 Å². The highest BCUT2D eigenvalue weighted by atomic mass is 35.5. The third-order valence-corrected chi connectivity index (χ3v) is 4.15. The molecule has 8 heteroatoms. The molecule has 0 atom stereocenters. The minimum atomic E-state index is -0.241. The summed E-state index contributed by atoms with van der Waals surface area (Å²) < 4.78 is 9.01. The van der Waals surface area contributed by atoms with Crippen molar-refractivity contribution in [3.63, 3.8) is 0 Å². The maximum Gasteiger partial charge on any atom is 0.272 e. The zero-order valence-electron chi connectivity index (χ0n) is 14.9. The van der Waals surface area contributed by atoms with Gasteiger partial charge in [0, 0.05) is 36.6 Å². The van der Waals surface area contributed by atoms with E-state index in [0.717, 1.165) is 22.6 Å². The van der Waals surface area contributed by atoms with Crippen molar-refractivity contribution in [3.05, 3.63) is 64.2 Å². The molecule has 0 aliphatic rings. The number of ether oxygens (including phenoxy) is 1. The Balaban J connectivity index is 1.56. The first-order valence-corrected chi connectivity index (χ1v) is 8.50. The molecule has 136 valence electrons. The molecule has 0 radical (unpaired) electrons. The molecular weight excluding hydrogens is 354 g/mol. The number of carbonyl (C=O) groups is 1. The number of nitrogens with one attached hydrogen (secondary N) is 1. The summed E-state index contributed by atoms with van der Waals surface area (Å²) in [6.45, 7) is 4.44. The standard InChI is InChI=1S/C18H20ClN5O2/c1-12-8-15(19)4-5-17(12)26-11-24-7-6-16(22-24)18(25)20-9-14-10-23(3)21-13(14)2/h4-8,10H,9,11H2,1-3H3,(H,20,25). The van der Waals surface area contributed by atoms with Crippen molar-refractivity contribution < 1.29 is 9.53 Å².